The Hall–Kier alpha value is -2.11. The van der Waals surface area contributed by atoms with Crippen LogP contribution in [-0.2, 0) is 6.54 Å². The zero-order valence-corrected chi connectivity index (χ0v) is 15.1. The molecule has 0 aliphatic carbocycles. The average molecular weight is 348 g/mol. The summed E-state index contributed by atoms with van der Waals surface area (Å²) in [6.07, 6.45) is 0. The minimum Gasteiger partial charge on any atom is -0.478 e. The van der Waals surface area contributed by atoms with Crippen LogP contribution >= 0.6 is 11.6 Å². The summed E-state index contributed by atoms with van der Waals surface area (Å²) in [7, 11) is 3.97. The lowest BCUT2D eigenvalue weighted by molar-refractivity contribution is 0.102. The molecule has 1 aromatic heterocycles. The maximum atomic E-state index is 12.6. The normalized spacial score (nSPS) is 10.8. The fourth-order valence-corrected chi connectivity index (χ4v) is 2.50. The van der Waals surface area contributed by atoms with Gasteiger partial charge in [-0.05, 0) is 45.6 Å². The standard InChI is InChI=1S/C18H22ClN3O2/c1-5-24-16-9-7-14(19)17(21-16)18(23)20-15-8-6-12(2)10-13(15)11-22(3)4/h6-10H,5,11H2,1-4H3,(H,20,23). The minimum atomic E-state index is -0.356. The highest BCUT2D eigenvalue weighted by molar-refractivity contribution is 6.34. The van der Waals surface area contributed by atoms with Crippen LogP contribution in [0.1, 0.15) is 28.5 Å². The lowest BCUT2D eigenvalue weighted by Crippen LogP contribution is -2.18. The predicted molar refractivity (Wildman–Crippen MR) is 96.9 cm³/mol. The van der Waals surface area contributed by atoms with Crippen LogP contribution < -0.4 is 10.1 Å². The van der Waals surface area contributed by atoms with Gasteiger partial charge in [0.1, 0.15) is 0 Å². The van der Waals surface area contributed by atoms with E-state index >= 15 is 0 Å². The van der Waals surface area contributed by atoms with Gasteiger partial charge < -0.3 is 15.0 Å². The number of anilines is 1. The van der Waals surface area contributed by atoms with Gasteiger partial charge in [0.25, 0.3) is 5.91 Å². The SMILES string of the molecule is CCOc1ccc(Cl)c(C(=O)Nc2ccc(C)cc2CN(C)C)n1. The molecule has 0 saturated carbocycles. The van der Waals surface area contributed by atoms with E-state index in [4.69, 9.17) is 16.3 Å². The van der Waals surface area contributed by atoms with Gasteiger partial charge >= 0.3 is 0 Å². The number of rotatable bonds is 6. The van der Waals surface area contributed by atoms with Crippen molar-refractivity contribution in [2.45, 2.75) is 20.4 Å². The van der Waals surface area contributed by atoms with Crippen LogP contribution in [0.15, 0.2) is 30.3 Å². The molecular weight excluding hydrogens is 326 g/mol. The maximum absolute atomic E-state index is 12.6. The van der Waals surface area contributed by atoms with E-state index in [1.807, 2.05) is 45.0 Å². The Balaban J connectivity index is 2.28. The molecule has 128 valence electrons. The predicted octanol–water partition coefficient (Wildman–Crippen LogP) is 3.76. The number of pyridine rings is 1. The lowest BCUT2D eigenvalue weighted by Gasteiger charge is -2.16. The number of hydrogen-bond acceptors (Lipinski definition) is 4. The molecule has 5 nitrogen and oxygen atoms in total. The third-order valence-electron chi connectivity index (χ3n) is 3.32. The van der Waals surface area contributed by atoms with Gasteiger partial charge in [-0.1, -0.05) is 29.3 Å². The zero-order valence-electron chi connectivity index (χ0n) is 14.4. The van der Waals surface area contributed by atoms with E-state index in [0.717, 1.165) is 23.4 Å². The summed E-state index contributed by atoms with van der Waals surface area (Å²) in [5.74, 6) is 0.0230. The van der Waals surface area contributed by atoms with Gasteiger partial charge in [0, 0.05) is 18.3 Å². The summed E-state index contributed by atoms with van der Waals surface area (Å²) in [4.78, 5) is 18.8. The summed E-state index contributed by atoms with van der Waals surface area (Å²) in [6, 6.07) is 9.17. The first-order valence-electron chi connectivity index (χ1n) is 7.75. The Bertz CT molecular complexity index is 732. The van der Waals surface area contributed by atoms with E-state index in [0.29, 0.717) is 12.5 Å². The van der Waals surface area contributed by atoms with Crippen LogP contribution in [0.5, 0.6) is 5.88 Å². The molecule has 0 aliphatic heterocycles. The molecule has 24 heavy (non-hydrogen) atoms. The fourth-order valence-electron chi connectivity index (χ4n) is 2.31. The monoisotopic (exact) mass is 347 g/mol. The largest absolute Gasteiger partial charge is 0.478 e. The number of nitrogens with zero attached hydrogens (tertiary/aromatic N) is 2. The molecule has 1 heterocycles. The lowest BCUT2D eigenvalue weighted by atomic mass is 10.1. The fraction of sp³-hybridized carbons (Fsp3) is 0.333. The molecule has 1 amide bonds. The van der Waals surface area contributed by atoms with E-state index < -0.39 is 0 Å². The Kier molecular flexibility index (Phi) is 6.17. The summed E-state index contributed by atoms with van der Waals surface area (Å²) < 4.78 is 5.34. The van der Waals surface area contributed by atoms with Gasteiger partial charge in [-0.3, -0.25) is 4.79 Å². The van der Waals surface area contributed by atoms with Crippen LogP contribution in [-0.4, -0.2) is 36.5 Å². The molecule has 0 saturated heterocycles. The highest BCUT2D eigenvalue weighted by atomic mass is 35.5. The van der Waals surface area contributed by atoms with Crippen molar-refractivity contribution in [3.63, 3.8) is 0 Å². The number of benzene rings is 1. The molecule has 0 aliphatic rings. The first-order valence-corrected chi connectivity index (χ1v) is 8.13. The molecule has 6 heteroatoms. The summed E-state index contributed by atoms with van der Waals surface area (Å²) in [6.45, 7) is 5.07. The second-order valence-corrected chi connectivity index (χ2v) is 6.17. The third-order valence-corrected chi connectivity index (χ3v) is 3.63. The minimum absolute atomic E-state index is 0.152. The first-order chi connectivity index (χ1) is 11.4. The van der Waals surface area contributed by atoms with Crippen LogP contribution in [0.2, 0.25) is 5.02 Å². The van der Waals surface area contributed by atoms with Crippen molar-refractivity contribution in [3.8, 4) is 5.88 Å². The van der Waals surface area contributed by atoms with Crippen molar-refractivity contribution in [2.24, 2.45) is 0 Å². The number of ether oxygens (including phenoxy) is 1. The molecule has 1 N–H and O–H groups in total. The number of carbonyl (C=O) groups is 1. The Morgan fingerprint density at radius 3 is 2.71 bits per heavy atom. The Morgan fingerprint density at radius 1 is 1.29 bits per heavy atom. The molecule has 2 aromatic rings. The molecular formula is C18H22ClN3O2. The van der Waals surface area contributed by atoms with Gasteiger partial charge in [0.2, 0.25) is 5.88 Å². The van der Waals surface area contributed by atoms with Crippen LogP contribution in [0.4, 0.5) is 5.69 Å². The number of nitrogens with one attached hydrogen (secondary N) is 1. The molecule has 0 radical (unpaired) electrons. The van der Waals surface area contributed by atoms with Crippen molar-refractivity contribution in [2.75, 3.05) is 26.0 Å². The van der Waals surface area contributed by atoms with E-state index in [-0.39, 0.29) is 16.6 Å². The number of amides is 1. The van der Waals surface area contributed by atoms with Crippen molar-refractivity contribution >= 4 is 23.2 Å². The van der Waals surface area contributed by atoms with Gasteiger partial charge in [-0.25, -0.2) is 4.98 Å². The molecule has 0 atom stereocenters. The zero-order chi connectivity index (χ0) is 17.7. The quantitative estimate of drug-likeness (QED) is 0.864. The van der Waals surface area contributed by atoms with Crippen LogP contribution in [0.3, 0.4) is 0 Å². The van der Waals surface area contributed by atoms with Crippen molar-refractivity contribution in [3.05, 3.63) is 52.2 Å². The molecule has 0 bridgehead atoms. The van der Waals surface area contributed by atoms with E-state index in [9.17, 15) is 4.79 Å². The van der Waals surface area contributed by atoms with E-state index in [1.165, 1.54) is 0 Å². The molecule has 0 unspecified atom stereocenters. The molecule has 0 fully saturated rings. The van der Waals surface area contributed by atoms with Gasteiger partial charge in [0.05, 0.1) is 11.6 Å². The van der Waals surface area contributed by atoms with Crippen molar-refractivity contribution < 1.29 is 9.53 Å². The molecule has 2 rings (SSSR count). The maximum Gasteiger partial charge on any atom is 0.275 e. The Morgan fingerprint density at radius 2 is 2.04 bits per heavy atom. The second-order valence-electron chi connectivity index (χ2n) is 5.77. The van der Waals surface area contributed by atoms with E-state index in [1.54, 1.807) is 12.1 Å². The first kappa shape index (κ1) is 18.2. The number of carbonyl (C=O) groups excluding carboxylic acids is 1. The van der Waals surface area contributed by atoms with Gasteiger partial charge in [-0.2, -0.15) is 0 Å². The number of halogens is 1. The second kappa shape index (κ2) is 8.13. The van der Waals surface area contributed by atoms with E-state index in [2.05, 4.69) is 16.4 Å². The van der Waals surface area contributed by atoms with Crippen LogP contribution in [0.25, 0.3) is 0 Å². The number of hydrogen-bond donors (Lipinski definition) is 1. The van der Waals surface area contributed by atoms with Gasteiger partial charge in [-0.15, -0.1) is 0 Å². The smallest absolute Gasteiger partial charge is 0.275 e. The number of aromatic nitrogens is 1. The average Bonchev–Trinajstić information content (AvgIpc) is 2.51. The third kappa shape index (κ3) is 4.69. The summed E-state index contributed by atoms with van der Waals surface area (Å²) in [5.41, 5.74) is 3.07. The molecule has 0 spiro atoms. The van der Waals surface area contributed by atoms with Crippen molar-refractivity contribution in [1.29, 1.82) is 0 Å². The van der Waals surface area contributed by atoms with Gasteiger partial charge in [0.15, 0.2) is 5.69 Å². The highest BCUT2D eigenvalue weighted by Gasteiger charge is 2.16. The molecule has 1 aromatic carbocycles. The van der Waals surface area contributed by atoms with Crippen LogP contribution in [0, 0.1) is 6.92 Å². The summed E-state index contributed by atoms with van der Waals surface area (Å²) in [5, 5.41) is 3.19. The van der Waals surface area contributed by atoms with Crippen molar-refractivity contribution in [1.82, 2.24) is 9.88 Å². The summed E-state index contributed by atoms with van der Waals surface area (Å²) >= 11 is 6.12. The topological polar surface area (TPSA) is 54.5 Å². The highest BCUT2D eigenvalue weighted by Crippen LogP contribution is 2.22. The number of aryl methyl sites for hydroxylation is 1. The Labute approximate surface area is 147 Å².